The minimum atomic E-state index is -0.328. The second-order valence-corrected chi connectivity index (χ2v) is 7.80. The predicted molar refractivity (Wildman–Crippen MR) is 122 cm³/mol. The monoisotopic (exact) mass is 435 g/mol. The minimum absolute atomic E-state index is 0.147. The summed E-state index contributed by atoms with van der Waals surface area (Å²) in [5, 5.41) is 2.86. The molecule has 0 fully saturated rings. The summed E-state index contributed by atoms with van der Waals surface area (Å²) in [5.74, 6) is -0.146. The molecule has 3 rings (SSSR count). The summed E-state index contributed by atoms with van der Waals surface area (Å²) in [6.45, 7) is 0.358. The van der Waals surface area contributed by atoms with Gasteiger partial charge in [-0.3, -0.25) is 9.59 Å². The van der Waals surface area contributed by atoms with Gasteiger partial charge in [-0.1, -0.05) is 36.4 Å². The molecule has 8 heteroatoms. The summed E-state index contributed by atoms with van der Waals surface area (Å²) in [6, 6.07) is 13.4. The fraction of sp³-hybridized carbons (Fsp3) is 0.250. The third-order valence-electron chi connectivity index (χ3n) is 4.81. The van der Waals surface area contributed by atoms with Crippen LogP contribution in [0.15, 0.2) is 54.7 Å². The molecule has 0 bridgehead atoms. The Morgan fingerprint density at radius 2 is 1.56 bits per heavy atom. The van der Waals surface area contributed by atoms with Gasteiger partial charge in [0, 0.05) is 46.5 Å². The van der Waals surface area contributed by atoms with Gasteiger partial charge in [0.05, 0.1) is 17.7 Å². The van der Waals surface area contributed by atoms with Crippen molar-refractivity contribution in [3.05, 3.63) is 77.2 Å². The molecule has 0 saturated heterocycles. The van der Waals surface area contributed by atoms with Crippen LogP contribution in [0.4, 0.5) is 10.3 Å². The van der Waals surface area contributed by atoms with Crippen molar-refractivity contribution in [2.75, 3.05) is 33.1 Å². The number of halogens is 1. The zero-order valence-electron chi connectivity index (χ0n) is 18.6. The summed E-state index contributed by atoms with van der Waals surface area (Å²) in [7, 11) is 7.04. The molecule has 0 aliphatic rings. The number of anilines is 1. The summed E-state index contributed by atoms with van der Waals surface area (Å²) >= 11 is 0. The van der Waals surface area contributed by atoms with E-state index in [1.54, 1.807) is 37.3 Å². The summed E-state index contributed by atoms with van der Waals surface area (Å²) < 4.78 is 13.0. The first kappa shape index (κ1) is 22.9. The zero-order chi connectivity index (χ0) is 23.3. The molecule has 1 N–H and O–H groups in total. The van der Waals surface area contributed by atoms with Gasteiger partial charge in [0.15, 0.2) is 0 Å². The first-order chi connectivity index (χ1) is 15.2. The lowest BCUT2D eigenvalue weighted by atomic mass is 10.0. The molecule has 0 unspecified atom stereocenters. The second-order valence-electron chi connectivity index (χ2n) is 7.80. The van der Waals surface area contributed by atoms with Crippen LogP contribution in [0.25, 0.3) is 11.3 Å². The fourth-order valence-corrected chi connectivity index (χ4v) is 3.04. The van der Waals surface area contributed by atoms with Gasteiger partial charge in [-0.25, -0.2) is 14.4 Å². The van der Waals surface area contributed by atoms with Crippen molar-refractivity contribution in [1.82, 2.24) is 20.2 Å². The van der Waals surface area contributed by atoms with Crippen molar-refractivity contribution in [3.63, 3.8) is 0 Å². The highest BCUT2D eigenvalue weighted by molar-refractivity contribution is 5.99. The van der Waals surface area contributed by atoms with Crippen LogP contribution in [-0.4, -0.2) is 54.9 Å². The third-order valence-corrected chi connectivity index (χ3v) is 4.81. The van der Waals surface area contributed by atoms with Crippen LogP contribution >= 0.6 is 0 Å². The van der Waals surface area contributed by atoms with E-state index in [0.717, 1.165) is 16.7 Å². The van der Waals surface area contributed by atoms with E-state index < -0.39 is 0 Å². The normalized spacial score (nSPS) is 10.5. The highest BCUT2D eigenvalue weighted by atomic mass is 19.1. The maximum absolute atomic E-state index is 13.0. The first-order valence-electron chi connectivity index (χ1n) is 10.1. The number of benzene rings is 2. The molecule has 2 aromatic carbocycles. The molecule has 1 heterocycles. The zero-order valence-corrected chi connectivity index (χ0v) is 18.6. The van der Waals surface area contributed by atoms with Crippen LogP contribution in [0.2, 0.25) is 0 Å². The Bertz CT molecular complexity index is 1100. The molecule has 0 atom stereocenters. The predicted octanol–water partition coefficient (Wildman–Crippen LogP) is 2.91. The Morgan fingerprint density at radius 1 is 0.938 bits per heavy atom. The van der Waals surface area contributed by atoms with Crippen LogP contribution in [0.5, 0.6) is 0 Å². The first-order valence-corrected chi connectivity index (χ1v) is 10.1. The molecule has 7 nitrogen and oxygen atoms in total. The van der Waals surface area contributed by atoms with Crippen molar-refractivity contribution in [1.29, 1.82) is 0 Å². The van der Waals surface area contributed by atoms with E-state index in [-0.39, 0.29) is 24.1 Å². The van der Waals surface area contributed by atoms with E-state index in [4.69, 9.17) is 0 Å². The Labute approximate surface area is 186 Å². The lowest BCUT2D eigenvalue weighted by molar-refractivity contribution is -0.120. The van der Waals surface area contributed by atoms with Crippen molar-refractivity contribution in [2.45, 2.75) is 13.0 Å². The molecule has 0 radical (unpaired) electrons. The number of amides is 2. The SMILES string of the molecule is CN(C)C(=O)c1cnc(N(C)C)nc1-c1ccc(CNC(=O)Cc2ccc(F)cc2)cc1. The van der Waals surface area contributed by atoms with E-state index in [1.807, 2.05) is 38.4 Å². The van der Waals surface area contributed by atoms with Crippen LogP contribution in [-0.2, 0) is 17.8 Å². The van der Waals surface area contributed by atoms with E-state index in [0.29, 0.717) is 23.8 Å². The van der Waals surface area contributed by atoms with Crippen LogP contribution < -0.4 is 10.2 Å². The maximum atomic E-state index is 13.0. The van der Waals surface area contributed by atoms with Gasteiger partial charge < -0.3 is 15.1 Å². The average Bonchev–Trinajstić information content (AvgIpc) is 2.78. The molecular formula is C24H26FN5O2. The molecule has 0 aliphatic heterocycles. The van der Waals surface area contributed by atoms with E-state index >= 15 is 0 Å². The molecule has 0 spiro atoms. The molecule has 0 aliphatic carbocycles. The largest absolute Gasteiger partial charge is 0.352 e. The molecule has 0 saturated carbocycles. The average molecular weight is 436 g/mol. The van der Waals surface area contributed by atoms with E-state index in [2.05, 4.69) is 15.3 Å². The molecule has 166 valence electrons. The number of rotatable bonds is 7. The summed E-state index contributed by atoms with van der Waals surface area (Å²) in [4.78, 5) is 36.9. The Morgan fingerprint density at radius 3 is 2.16 bits per heavy atom. The van der Waals surface area contributed by atoms with E-state index in [1.165, 1.54) is 17.0 Å². The van der Waals surface area contributed by atoms with Gasteiger partial charge in [-0.2, -0.15) is 0 Å². The molecule has 1 aromatic heterocycles. The van der Waals surface area contributed by atoms with Gasteiger partial charge in [-0.15, -0.1) is 0 Å². The third kappa shape index (κ3) is 5.66. The summed E-state index contributed by atoms with van der Waals surface area (Å²) in [6.07, 6.45) is 1.73. The van der Waals surface area contributed by atoms with Crippen molar-refractivity contribution < 1.29 is 14.0 Å². The number of nitrogens with zero attached hydrogens (tertiary/aromatic N) is 4. The van der Waals surface area contributed by atoms with Gasteiger partial charge in [0.25, 0.3) is 5.91 Å². The number of hydrogen-bond acceptors (Lipinski definition) is 5. The highest BCUT2D eigenvalue weighted by Crippen LogP contribution is 2.24. The number of aromatic nitrogens is 2. The smallest absolute Gasteiger partial charge is 0.257 e. The van der Waals surface area contributed by atoms with Crippen molar-refractivity contribution in [2.24, 2.45) is 0 Å². The van der Waals surface area contributed by atoms with Crippen LogP contribution in [0.1, 0.15) is 21.5 Å². The van der Waals surface area contributed by atoms with Gasteiger partial charge >= 0.3 is 0 Å². The Kier molecular flexibility index (Phi) is 7.14. The number of carbonyl (C=O) groups excluding carboxylic acids is 2. The van der Waals surface area contributed by atoms with Gasteiger partial charge in [0.2, 0.25) is 11.9 Å². The second kappa shape index (κ2) is 10.00. The quantitative estimate of drug-likeness (QED) is 0.618. The minimum Gasteiger partial charge on any atom is -0.352 e. The Hall–Kier alpha value is -3.81. The summed E-state index contributed by atoms with van der Waals surface area (Å²) in [5.41, 5.74) is 3.40. The number of nitrogens with one attached hydrogen (secondary N) is 1. The number of hydrogen-bond donors (Lipinski definition) is 1. The van der Waals surface area contributed by atoms with Crippen LogP contribution in [0.3, 0.4) is 0 Å². The van der Waals surface area contributed by atoms with Crippen molar-refractivity contribution >= 4 is 17.8 Å². The fourth-order valence-electron chi connectivity index (χ4n) is 3.04. The van der Waals surface area contributed by atoms with Crippen LogP contribution in [0, 0.1) is 5.82 Å². The van der Waals surface area contributed by atoms with Crippen molar-refractivity contribution in [3.8, 4) is 11.3 Å². The topological polar surface area (TPSA) is 78.4 Å². The number of carbonyl (C=O) groups is 2. The Balaban J connectivity index is 1.73. The molecular weight excluding hydrogens is 409 g/mol. The maximum Gasteiger partial charge on any atom is 0.257 e. The van der Waals surface area contributed by atoms with E-state index in [9.17, 15) is 14.0 Å². The molecule has 3 aromatic rings. The lowest BCUT2D eigenvalue weighted by Crippen LogP contribution is -2.24. The van der Waals surface area contributed by atoms with Gasteiger partial charge in [-0.05, 0) is 23.3 Å². The highest BCUT2D eigenvalue weighted by Gasteiger charge is 2.18. The standard InChI is InChI=1S/C24H26FN5O2/c1-29(2)23(32)20-15-27-24(30(3)4)28-22(20)18-9-5-17(6-10-18)14-26-21(31)13-16-7-11-19(25)12-8-16/h5-12,15H,13-14H2,1-4H3,(H,26,31). The molecule has 32 heavy (non-hydrogen) atoms. The molecule has 2 amide bonds. The lowest BCUT2D eigenvalue weighted by Gasteiger charge is -2.16. The van der Waals surface area contributed by atoms with Gasteiger partial charge in [0.1, 0.15) is 5.82 Å².